The highest BCUT2D eigenvalue weighted by Gasteiger charge is 2.08. The molecular weight excluding hydrogens is 358 g/mol. The van der Waals surface area contributed by atoms with Crippen LogP contribution in [0.1, 0.15) is 11.5 Å². The van der Waals surface area contributed by atoms with Crippen LogP contribution in [0.3, 0.4) is 0 Å². The Balaban J connectivity index is 1.39. The molecule has 0 atom stereocenters. The number of primary amides is 1. The van der Waals surface area contributed by atoms with E-state index in [-0.39, 0.29) is 6.61 Å². The van der Waals surface area contributed by atoms with Gasteiger partial charge in [0.1, 0.15) is 18.1 Å². The van der Waals surface area contributed by atoms with E-state index >= 15 is 0 Å². The summed E-state index contributed by atoms with van der Waals surface area (Å²) >= 11 is 0. The van der Waals surface area contributed by atoms with Crippen LogP contribution >= 0.6 is 0 Å². The standard InChI is InChI=1S/C21H17N3O4/c22-21(25)27-13-18-11-20(24-28-18)15-6-9-17(10-7-15)26-12-16-8-5-14-3-1-2-4-19(14)23-16/h1-11H,12-13H2,(H2,22,25). The molecule has 0 saturated carbocycles. The third kappa shape index (κ3) is 4.09. The van der Waals surface area contributed by atoms with Gasteiger partial charge >= 0.3 is 6.09 Å². The highest BCUT2D eigenvalue weighted by Crippen LogP contribution is 2.23. The molecule has 0 radical (unpaired) electrons. The molecule has 2 aromatic heterocycles. The summed E-state index contributed by atoms with van der Waals surface area (Å²) in [5.41, 5.74) is 8.22. The summed E-state index contributed by atoms with van der Waals surface area (Å²) in [7, 11) is 0. The molecule has 4 aromatic rings. The molecule has 0 aliphatic rings. The molecule has 140 valence electrons. The van der Waals surface area contributed by atoms with Crippen LogP contribution in [-0.4, -0.2) is 16.2 Å². The second kappa shape index (κ2) is 7.79. The van der Waals surface area contributed by atoms with Gasteiger partial charge in [-0.3, -0.25) is 0 Å². The van der Waals surface area contributed by atoms with Gasteiger partial charge in [0.2, 0.25) is 0 Å². The van der Waals surface area contributed by atoms with Crippen molar-refractivity contribution in [1.29, 1.82) is 0 Å². The zero-order chi connectivity index (χ0) is 19.3. The first-order valence-corrected chi connectivity index (χ1v) is 8.63. The Bertz CT molecular complexity index is 1110. The number of benzene rings is 2. The van der Waals surface area contributed by atoms with Crippen molar-refractivity contribution in [3.8, 4) is 17.0 Å². The van der Waals surface area contributed by atoms with Gasteiger partial charge in [-0.05, 0) is 36.4 Å². The first-order valence-electron chi connectivity index (χ1n) is 8.63. The van der Waals surface area contributed by atoms with Gasteiger partial charge in [-0.2, -0.15) is 0 Å². The molecule has 0 aliphatic heterocycles. The molecule has 0 spiro atoms. The minimum atomic E-state index is -0.861. The number of fused-ring (bicyclic) bond motifs is 1. The van der Waals surface area contributed by atoms with Crippen molar-refractivity contribution in [2.24, 2.45) is 5.73 Å². The van der Waals surface area contributed by atoms with Gasteiger partial charge in [0, 0.05) is 17.0 Å². The van der Waals surface area contributed by atoms with Crippen molar-refractivity contribution < 1.29 is 18.8 Å². The SMILES string of the molecule is NC(=O)OCc1cc(-c2ccc(OCc3ccc4ccccc4n3)cc2)no1. The average Bonchev–Trinajstić information content (AvgIpc) is 3.20. The first kappa shape index (κ1) is 17.5. The Hall–Kier alpha value is -3.87. The van der Waals surface area contributed by atoms with Crippen LogP contribution in [0.15, 0.2) is 71.3 Å². The van der Waals surface area contributed by atoms with Gasteiger partial charge < -0.3 is 19.7 Å². The molecule has 0 aliphatic carbocycles. The summed E-state index contributed by atoms with van der Waals surface area (Å²) in [5.74, 6) is 1.14. The molecule has 4 rings (SSSR count). The number of rotatable bonds is 6. The fraction of sp³-hybridized carbons (Fsp3) is 0.0952. The van der Waals surface area contributed by atoms with Crippen molar-refractivity contribution in [1.82, 2.24) is 10.1 Å². The van der Waals surface area contributed by atoms with Gasteiger partial charge in [-0.1, -0.05) is 29.4 Å². The van der Waals surface area contributed by atoms with E-state index in [0.29, 0.717) is 18.1 Å². The molecular formula is C21H17N3O4. The van der Waals surface area contributed by atoms with Crippen LogP contribution in [0.4, 0.5) is 4.79 Å². The summed E-state index contributed by atoms with van der Waals surface area (Å²) in [6.45, 7) is 0.324. The number of nitrogens with two attached hydrogens (primary N) is 1. The van der Waals surface area contributed by atoms with E-state index in [0.717, 1.165) is 27.9 Å². The maximum Gasteiger partial charge on any atom is 0.404 e. The van der Waals surface area contributed by atoms with Crippen LogP contribution in [0, 0.1) is 0 Å². The molecule has 0 saturated heterocycles. The topological polar surface area (TPSA) is 100 Å². The number of hydrogen-bond donors (Lipinski definition) is 1. The third-order valence-corrected chi connectivity index (χ3v) is 4.11. The Morgan fingerprint density at radius 2 is 1.82 bits per heavy atom. The second-order valence-corrected chi connectivity index (χ2v) is 6.09. The van der Waals surface area contributed by atoms with Crippen LogP contribution in [0.5, 0.6) is 5.75 Å². The lowest BCUT2D eigenvalue weighted by molar-refractivity contribution is 0.137. The number of amides is 1. The van der Waals surface area contributed by atoms with E-state index in [1.54, 1.807) is 6.07 Å². The highest BCUT2D eigenvalue weighted by atomic mass is 16.6. The average molecular weight is 375 g/mol. The van der Waals surface area contributed by atoms with Gasteiger partial charge in [0.25, 0.3) is 0 Å². The van der Waals surface area contributed by atoms with Crippen LogP contribution in [0.25, 0.3) is 22.2 Å². The van der Waals surface area contributed by atoms with Crippen molar-refractivity contribution in [2.75, 3.05) is 0 Å². The summed E-state index contributed by atoms with van der Waals surface area (Å²) in [6.07, 6.45) is -0.861. The number of hydrogen-bond acceptors (Lipinski definition) is 6. The lowest BCUT2D eigenvalue weighted by atomic mass is 10.1. The number of ether oxygens (including phenoxy) is 2. The Morgan fingerprint density at radius 3 is 2.64 bits per heavy atom. The molecule has 0 bridgehead atoms. The number of carbonyl (C=O) groups is 1. The van der Waals surface area contributed by atoms with Gasteiger partial charge in [-0.15, -0.1) is 0 Å². The molecule has 1 amide bonds. The van der Waals surface area contributed by atoms with Gasteiger partial charge in [-0.25, -0.2) is 9.78 Å². The number of nitrogens with zero attached hydrogens (tertiary/aromatic N) is 2. The summed E-state index contributed by atoms with van der Waals surface area (Å²) in [4.78, 5) is 15.2. The fourth-order valence-corrected chi connectivity index (χ4v) is 2.73. The van der Waals surface area contributed by atoms with Gasteiger partial charge in [0.05, 0.1) is 11.2 Å². The summed E-state index contributed by atoms with van der Waals surface area (Å²) < 4.78 is 15.6. The lowest BCUT2D eigenvalue weighted by Gasteiger charge is -2.07. The molecule has 2 heterocycles. The summed E-state index contributed by atoms with van der Waals surface area (Å²) in [5, 5.41) is 5.06. The van der Waals surface area contributed by atoms with E-state index < -0.39 is 6.09 Å². The van der Waals surface area contributed by atoms with E-state index in [2.05, 4.69) is 14.9 Å². The Morgan fingerprint density at radius 1 is 1.00 bits per heavy atom. The van der Waals surface area contributed by atoms with Crippen molar-refractivity contribution >= 4 is 17.0 Å². The van der Waals surface area contributed by atoms with Gasteiger partial charge in [0.15, 0.2) is 12.4 Å². The fourth-order valence-electron chi connectivity index (χ4n) is 2.73. The van der Waals surface area contributed by atoms with Crippen molar-refractivity contribution in [2.45, 2.75) is 13.2 Å². The number of carbonyl (C=O) groups excluding carboxylic acids is 1. The molecule has 28 heavy (non-hydrogen) atoms. The number of aromatic nitrogens is 2. The molecule has 2 aromatic carbocycles. The largest absolute Gasteiger partial charge is 0.487 e. The molecule has 7 heteroatoms. The monoisotopic (exact) mass is 375 g/mol. The molecule has 0 fully saturated rings. The predicted molar refractivity (Wildman–Crippen MR) is 102 cm³/mol. The van der Waals surface area contributed by atoms with Crippen LogP contribution < -0.4 is 10.5 Å². The maximum absolute atomic E-state index is 10.6. The minimum absolute atomic E-state index is 0.0533. The zero-order valence-corrected chi connectivity index (χ0v) is 14.9. The second-order valence-electron chi connectivity index (χ2n) is 6.09. The normalized spacial score (nSPS) is 10.7. The van der Waals surface area contributed by atoms with Crippen LogP contribution in [-0.2, 0) is 18.0 Å². The quantitative estimate of drug-likeness (QED) is 0.545. The Kier molecular flexibility index (Phi) is 4.88. The predicted octanol–water partition coefficient (Wildman–Crippen LogP) is 4.06. The zero-order valence-electron chi connectivity index (χ0n) is 14.9. The number of para-hydroxylation sites is 1. The van der Waals surface area contributed by atoms with Crippen molar-refractivity contribution in [3.63, 3.8) is 0 Å². The smallest absolute Gasteiger partial charge is 0.404 e. The molecule has 2 N–H and O–H groups in total. The maximum atomic E-state index is 10.6. The summed E-state index contributed by atoms with van der Waals surface area (Å²) in [6, 6.07) is 21.1. The highest BCUT2D eigenvalue weighted by molar-refractivity contribution is 5.78. The van der Waals surface area contributed by atoms with Crippen molar-refractivity contribution in [3.05, 3.63) is 78.2 Å². The van der Waals surface area contributed by atoms with E-state index in [9.17, 15) is 4.79 Å². The molecule has 0 unspecified atom stereocenters. The Labute approximate surface area is 160 Å². The van der Waals surface area contributed by atoms with E-state index in [4.69, 9.17) is 15.0 Å². The number of pyridine rings is 1. The van der Waals surface area contributed by atoms with E-state index in [1.165, 1.54) is 0 Å². The van der Waals surface area contributed by atoms with Crippen LogP contribution in [0.2, 0.25) is 0 Å². The lowest BCUT2D eigenvalue weighted by Crippen LogP contribution is -2.12. The first-order chi connectivity index (χ1) is 13.7. The minimum Gasteiger partial charge on any atom is -0.487 e. The van der Waals surface area contributed by atoms with E-state index in [1.807, 2.05) is 60.7 Å². The molecule has 7 nitrogen and oxygen atoms in total. The third-order valence-electron chi connectivity index (χ3n) is 4.11.